The summed E-state index contributed by atoms with van der Waals surface area (Å²) in [4.78, 5) is 63.4. The van der Waals surface area contributed by atoms with E-state index in [0.717, 1.165) is 4.90 Å². The highest BCUT2D eigenvalue weighted by molar-refractivity contribution is 6.34. The number of aromatic nitrogens is 1. The lowest BCUT2D eigenvalue weighted by molar-refractivity contribution is -0.113. The number of amides is 3. The molecule has 3 amide bonds. The summed E-state index contributed by atoms with van der Waals surface area (Å²) in [5, 5.41) is 5.73. The Morgan fingerprint density at radius 2 is 1.43 bits per heavy atom. The number of ether oxygens (including phenoxy) is 2. The zero-order chi connectivity index (χ0) is 37.3. The molecule has 0 radical (unpaired) electrons. The minimum absolute atomic E-state index is 0.0554. The molecule has 0 aliphatic carbocycles. The van der Waals surface area contributed by atoms with Gasteiger partial charge < -0.3 is 25.0 Å². The molecule has 0 saturated carbocycles. The smallest absolute Gasteiger partial charge is 0.343 e. The Bertz CT molecular complexity index is 1920. The van der Waals surface area contributed by atoms with Crippen LogP contribution >= 0.6 is 11.6 Å². The van der Waals surface area contributed by atoms with E-state index in [-0.39, 0.29) is 39.0 Å². The molecule has 4 rings (SSSR count). The van der Waals surface area contributed by atoms with Gasteiger partial charge in [-0.1, -0.05) is 68.8 Å². The number of anilines is 4. The topological polar surface area (TPSA) is 130 Å². The molecule has 4 aromatic rings. The third kappa shape index (κ3) is 9.31. The number of hydrogen-bond donors (Lipinski definition) is 2. The van der Waals surface area contributed by atoms with Crippen LogP contribution < -0.4 is 20.4 Å². The van der Waals surface area contributed by atoms with Crippen LogP contribution in [0.4, 0.5) is 27.7 Å². The third-order valence-electron chi connectivity index (χ3n) is 7.77. The molecule has 0 aliphatic heterocycles. The molecule has 1 heterocycles. The van der Waals surface area contributed by atoms with Crippen molar-refractivity contribution < 1.29 is 28.7 Å². The van der Waals surface area contributed by atoms with Gasteiger partial charge in [0, 0.05) is 24.2 Å². The zero-order valence-electron chi connectivity index (χ0n) is 29.7. The predicted octanol–water partition coefficient (Wildman–Crippen LogP) is 8.47. The summed E-state index contributed by atoms with van der Waals surface area (Å²) >= 11 is 6.52. The van der Waals surface area contributed by atoms with Crippen LogP contribution in [0.2, 0.25) is 5.02 Å². The SMILES string of the molecule is CCN(CC)c1ccc(N(C(=O)Nc2ccccc2)C(C(=O)Nc2cc(C(=O)OC)ccc2Cl)=C(OC(=O)c2ccccc2)C(C)(C)C)c(C)n1. The van der Waals surface area contributed by atoms with Crippen molar-refractivity contribution in [2.75, 3.05) is 40.6 Å². The lowest BCUT2D eigenvalue weighted by Crippen LogP contribution is -2.42. The quantitative estimate of drug-likeness (QED) is 0.0901. The number of nitrogens with zero attached hydrogens (tertiary/aromatic N) is 3. The van der Waals surface area contributed by atoms with E-state index in [9.17, 15) is 19.2 Å². The molecule has 11 nitrogen and oxygen atoms in total. The maximum atomic E-state index is 14.8. The molecule has 51 heavy (non-hydrogen) atoms. The number of carbonyl (C=O) groups is 4. The Balaban J connectivity index is 2.02. The van der Waals surface area contributed by atoms with Gasteiger partial charge in [-0.3, -0.25) is 9.69 Å². The first-order chi connectivity index (χ1) is 24.3. The number of para-hydroxylation sites is 1. The number of esters is 2. The molecule has 0 aliphatic rings. The van der Waals surface area contributed by atoms with Gasteiger partial charge in [0.2, 0.25) is 0 Å². The van der Waals surface area contributed by atoms with Gasteiger partial charge in [0.05, 0.1) is 40.3 Å². The van der Waals surface area contributed by atoms with Crippen LogP contribution in [0.3, 0.4) is 0 Å². The Labute approximate surface area is 303 Å². The number of carbonyl (C=O) groups excluding carboxylic acids is 4. The van der Waals surface area contributed by atoms with Gasteiger partial charge in [-0.2, -0.15) is 0 Å². The average Bonchev–Trinajstić information content (AvgIpc) is 3.11. The summed E-state index contributed by atoms with van der Waals surface area (Å²) in [7, 11) is 1.23. The van der Waals surface area contributed by atoms with Gasteiger partial charge in [-0.25, -0.2) is 19.4 Å². The van der Waals surface area contributed by atoms with Gasteiger partial charge in [0.25, 0.3) is 5.91 Å². The maximum absolute atomic E-state index is 14.8. The molecule has 266 valence electrons. The van der Waals surface area contributed by atoms with E-state index >= 15 is 0 Å². The van der Waals surface area contributed by atoms with Crippen molar-refractivity contribution in [2.45, 2.75) is 41.5 Å². The van der Waals surface area contributed by atoms with E-state index in [0.29, 0.717) is 30.3 Å². The molecule has 3 aromatic carbocycles. The highest BCUT2D eigenvalue weighted by Crippen LogP contribution is 2.37. The van der Waals surface area contributed by atoms with Crippen molar-refractivity contribution in [1.29, 1.82) is 0 Å². The average molecular weight is 712 g/mol. The first kappa shape index (κ1) is 38.1. The van der Waals surface area contributed by atoms with Crippen molar-refractivity contribution in [3.05, 3.63) is 124 Å². The highest BCUT2D eigenvalue weighted by Gasteiger charge is 2.38. The molecule has 2 N–H and O–H groups in total. The molecule has 0 bridgehead atoms. The van der Waals surface area contributed by atoms with Crippen molar-refractivity contribution in [1.82, 2.24) is 4.98 Å². The molecule has 0 saturated heterocycles. The summed E-state index contributed by atoms with van der Waals surface area (Å²) in [6, 6.07) is 24.0. The summed E-state index contributed by atoms with van der Waals surface area (Å²) in [5.74, 6) is -1.70. The largest absolute Gasteiger partial charge is 0.465 e. The highest BCUT2D eigenvalue weighted by atomic mass is 35.5. The first-order valence-electron chi connectivity index (χ1n) is 16.4. The Morgan fingerprint density at radius 1 is 0.804 bits per heavy atom. The van der Waals surface area contributed by atoms with Crippen LogP contribution in [0.25, 0.3) is 0 Å². The van der Waals surface area contributed by atoms with Crippen LogP contribution in [-0.2, 0) is 14.3 Å². The summed E-state index contributed by atoms with van der Waals surface area (Å²) < 4.78 is 11.0. The van der Waals surface area contributed by atoms with Crippen LogP contribution in [0.15, 0.2) is 102 Å². The minimum Gasteiger partial charge on any atom is -0.465 e. The summed E-state index contributed by atoms with van der Waals surface area (Å²) in [5.41, 5.74) is 0.167. The van der Waals surface area contributed by atoms with Crippen molar-refractivity contribution in [2.24, 2.45) is 5.41 Å². The summed E-state index contributed by atoms with van der Waals surface area (Å²) in [6.45, 7) is 12.4. The zero-order valence-corrected chi connectivity index (χ0v) is 30.5. The van der Waals surface area contributed by atoms with Gasteiger partial charge in [-0.15, -0.1) is 0 Å². The van der Waals surface area contributed by atoms with E-state index in [1.165, 1.54) is 25.3 Å². The second-order valence-electron chi connectivity index (χ2n) is 12.4. The van der Waals surface area contributed by atoms with Crippen LogP contribution in [-0.4, -0.2) is 49.1 Å². The number of benzene rings is 3. The molecule has 12 heteroatoms. The number of methoxy groups -OCH3 is 1. The second kappa shape index (κ2) is 16.8. The number of rotatable bonds is 11. The van der Waals surface area contributed by atoms with E-state index in [4.69, 9.17) is 26.1 Å². The molecular weight excluding hydrogens is 670 g/mol. The predicted molar refractivity (Wildman–Crippen MR) is 200 cm³/mol. The molecule has 0 spiro atoms. The Kier molecular flexibility index (Phi) is 12.6. The lowest BCUT2D eigenvalue weighted by Gasteiger charge is -2.32. The number of aryl methyl sites for hydroxylation is 1. The van der Waals surface area contributed by atoms with Gasteiger partial charge in [-0.05, 0) is 75.4 Å². The van der Waals surface area contributed by atoms with Gasteiger partial charge in [0.15, 0.2) is 5.70 Å². The van der Waals surface area contributed by atoms with Crippen molar-refractivity contribution in [3.63, 3.8) is 0 Å². The van der Waals surface area contributed by atoms with E-state index in [2.05, 4.69) is 10.6 Å². The molecule has 0 atom stereocenters. The normalized spacial score (nSPS) is 11.5. The molecule has 1 aromatic heterocycles. The second-order valence-corrected chi connectivity index (χ2v) is 12.8. The van der Waals surface area contributed by atoms with E-state index < -0.39 is 29.3 Å². The number of pyridine rings is 1. The monoisotopic (exact) mass is 711 g/mol. The standard InChI is InChI=1S/C39H42ClN5O6/c1-8-44(9-2)32-23-22-31(25(3)41-32)45(38(49)42-28-18-14-11-15-19-28)33(34(39(4,5)6)51-37(48)26-16-12-10-13-17-26)35(46)43-30-24-27(36(47)50-7)20-21-29(30)40/h10-24H,8-9H2,1-7H3,(H,42,49)(H,43,46). The lowest BCUT2D eigenvalue weighted by atomic mass is 9.91. The third-order valence-corrected chi connectivity index (χ3v) is 8.10. The maximum Gasteiger partial charge on any atom is 0.343 e. The molecule has 0 unspecified atom stereocenters. The molecular formula is C39H42ClN5O6. The van der Waals surface area contributed by atoms with Crippen LogP contribution in [0.1, 0.15) is 61.0 Å². The minimum atomic E-state index is -1.04. The summed E-state index contributed by atoms with van der Waals surface area (Å²) in [6.07, 6.45) is 0. The number of hydrogen-bond acceptors (Lipinski definition) is 8. The fraction of sp³-hybridized carbons (Fsp3) is 0.256. The van der Waals surface area contributed by atoms with Crippen molar-refractivity contribution in [3.8, 4) is 0 Å². The van der Waals surface area contributed by atoms with Crippen molar-refractivity contribution >= 4 is 58.4 Å². The number of nitrogens with one attached hydrogen (secondary N) is 2. The fourth-order valence-corrected chi connectivity index (χ4v) is 5.33. The Morgan fingerprint density at radius 3 is 2.00 bits per heavy atom. The van der Waals surface area contributed by atoms with Crippen LogP contribution in [0.5, 0.6) is 0 Å². The van der Waals surface area contributed by atoms with E-state index in [1.807, 2.05) is 18.7 Å². The number of allylic oxidation sites excluding steroid dienone is 1. The van der Waals surface area contributed by atoms with Crippen LogP contribution in [0, 0.1) is 12.3 Å². The first-order valence-corrected chi connectivity index (χ1v) is 16.8. The molecule has 0 fully saturated rings. The Hall–Kier alpha value is -5.68. The van der Waals surface area contributed by atoms with E-state index in [1.54, 1.807) is 100 Å². The number of halogens is 1. The van der Waals surface area contributed by atoms with Gasteiger partial charge in [0.1, 0.15) is 11.6 Å². The van der Waals surface area contributed by atoms with Gasteiger partial charge >= 0.3 is 18.0 Å². The fourth-order valence-electron chi connectivity index (χ4n) is 5.17. The number of urea groups is 1.